The molecule has 158 valence electrons. The number of carbonyl (C=O) groups excluding carboxylic acids is 2. The lowest BCUT2D eigenvalue weighted by molar-refractivity contribution is -0.384. The van der Waals surface area contributed by atoms with Crippen LogP contribution in [0.25, 0.3) is 6.08 Å². The first-order valence-corrected chi connectivity index (χ1v) is 8.98. The Hall–Kier alpha value is -3.59. The van der Waals surface area contributed by atoms with Gasteiger partial charge in [0.15, 0.2) is 6.10 Å². The van der Waals surface area contributed by atoms with Crippen molar-refractivity contribution in [1.82, 2.24) is 0 Å². The van der Waals surface area contributed by atoms with Crippen LogP contribution in [0.4, 0.5) is 11.4 Å². The van der Waals surface area contributed by atoms with Gasteiger partial charge in [-0.05, 0) is 31.2 Å². The average Bonchev–Trinajstić information content (AvgIpc) is 2.73. The largest absolute Gasteiger partial charge is 0.497 e. The van der Waals surface area contributed by atoms with Gasteiger partial charge in [-0.3, -0.25) is 14.9 Å². The van der Waals surface area contributed by atoms with Gasteiger partial charge in [-0.2, -0.15) is 0 Å². The smallest absolute Gasteiger partial charge is 0.331 e. The van der Waals surface area contributed by atoms with Gasteiger partial charge in [-0.25, -0.2) is 4.79 Å². The summed E-state index contributed by atoms with van der Waals surface area (Å²) in [5.41, 5.74) is 0.565. The highest BCUT2D eigenvalue weighted by molar-refractivity contribution is 6.34. The summed E-state index contributed by atoms with van der Waals surface area (Å²) in [4.78, 5) is 34.4. The Balaban J connectivity index is 1.99. The molecule has 1 unspecified atom stereocenters. The SMILES string of the molecule is COc1ccc(/C=C/C(=O)OC(C)C(=O)Nc2ccc([N+](=O)[O-])cc2Cl)c(OC)c1. The third kappa shape index (κ3) is 5.95. The van der Waals surface area contributed by atoms with E-state index in [1.165, 1.54) is 39.4 Å². The number of benzene rings is 2. The number of rotatable bonds is 8. The lowest BCUT2D eigenvalue weighted by Crippen LogP contribution is -2.29. The normalized spacial score (nSPS) is 11.6. The van der Waals surface area contributed by atoms with Crippen LogP contribution in [0.1, 0.15) is 12.5 Å². The van der Waals surface area contributed by atoms with Crippen molar-refractivity contribution in [3.8, 4) is 11.5 Å². The van der Waals surface area contributed by atoms with Crippen LogP contribution in [0.3, 0.4) is 0 Å². The molecule has 0 heterocycles. The molecule has 30 heavy (non-hydrogen) atoms. The van der Waals surface area contributed by atoms with E-state index in [1.54, 1.807) is 18.2 Å². The van der Waals surface area contributed by atoms with Crippen LogP contribution >= 0.6 is 11.6 Å². The third-order valence-corrected chi connectivity index (χ3v) is 4.24. The van der Waals surface area contributed by atoms with E-state index in [-0.39, 0.29) is 16.4 Å². The molecule has 0 aliphatic rings. The van der Waals surface area contributed by atoms with Gasteiger partial charge in [0.1, 0.15) is 11.5 Å². The van der Waals surface area contributed by atoms with Gasteiger partial charge < -0.3 is 19.5 Å². The molecule has 0 saturated carbocycles. The Morgan fingerprint density at radius 2 is 1.90 bits per heavy atom. The Kier molecular flexibility index (Phi) is 7.76. The van der Waals surface area contributed by atoms with E-state index in [9.17, 15) is 19.7 Å². The number of nitro benzene ring substituents is 1. The van der Waals surface area contributed by atoms with Gasteiger partial charge in [0.25, 0.3) is 11.6 Å². The third-order valence-electron chi connectivity index (χ3n) is 3.92. The molecule has 10 heteroatoms. The fourth-order valence-corrected chi connectivity index (χ4v) is 2.56. The van der Waals surface area contributed by atoms with Crippen LogP contribution < -0.4 is 14.8 Å². The molecule has 2 rings (SSSR count). The van der Waals surface area contributed by atoms with Crippen molar-refractivity contribution in [1.29, 1.82) is 0 Å². The lowest BCUT2D eigenvalue weighted by atomic mass is 10.1. The first-order valence-electron chi connectivity index (χ1n) is 8.60. The molecule has 0 aliphatic carbocycles. The van der Waals surface area contributed by atoms with Crippen LogP contribution in [-0.4, -0.2) is 37.1 Å². The summed E-state index contributed by atoms with van der Waals surface area (Å²) in [6.07, 6.45) is 1.51. The van der Waals surface area contributed by atoms with Crippen molar-refractivity contribution in [2.24, 2.45) is 0 Å². The van der Waals surface area contributed by atoms with E-state index in [0.717, 1.165) is 12.1 Å². The minimum atomic E-state index is -1.13. The second kappa shape index (κ2) is 10.3. The number of non-ortho nitro benzene ring substituents is 1. The minimum absolute atomic E-state index is 0.0115. The number of esters is 1. The van der Waals surface area contributed by atoms with E-state index in [0.29, 0.717) is 17.1 Å². The molecule has 1 amide bonds. The van der Waals surface area contributed by atoms with Crippen molar-refractivity contribution in [2.45, 2.75) is 13.0 Å². The molecule has 9 nitrogen and oxygen atoms in total. The molecular weight excluding hydrogens is 416 g/mol. The molecule has 0 aliphatic heterocycles. The monoisotopic (exact) mass is 434 g/mol. The van der Waals surface area contributed by atoms with Crippen molar-refractivity contribution in [2.75, 3.05) is 19.5 Å². The van der Waals surface area contributed by atoms with Crippen molar-refractivity contribution >= 4 is 40.9 Å². The number of halogens is 1. The summed E-state index contributed by atoms with van der Waals surface area (Å²) in [6.45, 7) is 1.38. The van der Waals surface area contributed by atoms with Crippen molar-refractivity contribution < 1.29 is 28.7 Å². The first-order chi connectivity index (χ1) is 14.2. The van der Waals surface area contributed by atoms with E-state index in [4.69, 9.17) is 25.8 Å². The highest BCUT2D eigenvalue weighted by Crippen LogP contribution is 2.27. The summed E-state index contributed by atoms with van der Waals surface area (Å²) in [7, 11) is 3.01. The average molecular weight is 435 g/mol. The summed E-state index contributed by atoms with van der Waals surface area (Å²) >= 11 is 5.94. The number of nitro groups is 1. The molecule has 0 bridgehead atoms. The second-order valence-corrected chi connectivity index (χ2v) is 6.34. The van der Waals surface area contributed by atoms with Gasteiger partial charge in [0.05, 0.1) is 29.9 Å². The number of hydrogen-bond donors (Lipinski definition) is 1. The Labute approximate surface area is 177 Å². The number of methoxy groups -OCH3 is 2. The number of anilines is 1. The van der Waals surface area contributed by atoms with Gasteiger partial charge in [0.2, 0.25) is 0 Å². The maximum absolute atomic E-state index is 12.2. The van der Waals surface area contributed by atoms with Gasteiger partial charge in [-0.1, -0.05) is 11.6 Å². The second-order valence-electron chi connectivity index (χ2n) is 5.93. The highest BCUT2D eigenvalue weighted by atomic mass is 35.5. The summed E-state index contributed by atoms with van der Waals surface area (Å²) in [5.74, 6) is -0.293. The Morgan fingerprint density at radius 3 is 2.50 bits per heavy atom. The van der Waals surface area contributed by atoms with Crippen molar-refractivity contribution in [3.63, 3.8) is 0 Å². The molecule has 2 aromatic rings. The summed E-state index contributed by atoms with van der Waals surface area (Å²) < 4.78 is 15.4. The Morgan fingerprint density at radius 1 is 1.17 bits per heavy atom. The zero-order valence-corrected chi connectivity index (χ0v) is 17.1. The molecule has 1 N–H and O–H groups in total. The number of hydrogen-bond acceptors (Lipinski definition) is 7. The molecule has 0 aromatic heterocycles. The number of nitrogens with zero attached hydrogens (tertiary/aromatic N) is 1. The molecule has 0 radical (unpaired) electrons. The molecule has 1 atom stereocenters. The van der Waals surface area contributed by atoms with Crippen LogP contribution in [0, 0.1) is 10.1 Å². The fraction of sp³-hybridized carbons (Fsp3) is 0.200. The molecule has 0 saturated heterocycles. The standard InChI is InChI=1S/C20H19ClN2O7/c1-12(20(25)22-17-8-6-14(23(26)27)10-16(17)21)30-19(24)9-5-13-4-7-15(28-2)11-18(13)29-3/h4-12H,1-3H3,(H,22,25)/b9-5+. The molecule has 2 aromatic carbocycles. The van der Waals surface area contributed by atoms with E-state index < -0.39 is 22.9 Å². The maximum atomic E-state index is 12.2. The molecule has 0 spiro atoms. The zero-order chi connectivity index (χ0) is 22.3. The molecular formula is C20H19ClN2O7. The van der Waals surface area contributed by atoms with Crippen LogP contribution in [0.5, 0.6) is 11.5 Å². The fourth-order valence-electron chi connectivity index (χ4n) is 2.33. The topological polar surface area (TPSA) is 117 Å². The molecule has 0 fully saturated rings. The van der Waals surface area contributed by atoms with Crippen LogP contribution in [0.15, 0.2) is 42.5 Å². The van der Waals surface area contributed by atoms with Crippen molar-refractivity contribution in [3.05, 3.63) is 63.2 Å². The zero-order valence-electron chi connectivity index (χ0n) is 16.4. The summed E-state index contributed by atoms with van der Waals surface area (Å²) in [6, 6.07) is 8.67. The maximum Gasteiger partial charge on any atom is 0.331 e. The number of nitrogens with one attached hydrogen (secondary N) is 1. The number of ether oxygens (including phenoxy) is 3. The quantitative estimate of drug-likeness (QED) is 0.290. The summed E-state index contributed by atoms with van der Waals surface area (Å²) in [5, 5.41) is 13.2. The van der Waals surface area contributed by atoms with Gasteiger partial charge >= 0.3 is 5.97 Å². The van der Waals surface area contributed by atoms with E-state index in [1.807, 2.05) is 0 Å². The van der Waals surface area contributed by atoms with E-state index >= 15 is 0 Å². The van der Waals surface area contributed by atoms with Gasteiger partial charge in [0, 0.05) is 29.8 Å². The predicted molar refractivity (Wildman–Crippen MR) is 111 cm³/mol. The predicted octanol–water partition coefficient (Wildman–Crippen LogP) is 3.85. The Bertz CT molecular complexity index is 991. The number of carbonyl (C=O) groups is 2. The highest BCUT2D eigenvalue weighted by Gasteiger charge is 2.19. The number of amides is 1. The lowest BCUT2D eigenvalue weighted by Gasteiger charge is -2.13. The van der Waals surface area contributed by atoms with E-state index in [2.05, 4.69) is 5.32 Å². The van der Waals surface area contributed by atoms with Crippen LogP contribution in [0.2, 0.25) is 5.02 Å². The minimum Gasteiger partial charge on any atom is -0.497 e. The van der Waals surface area contributed by atoms with Gasteiger partial charge in [-0.15, -0.1) is 0 Å². The first kappa shape index (κ1) is 22.7. The van der Waals surface area contributed by atoms with Crippen LogP contribution in [-0.2, 0) is 14.3 Å².